The van der Waals surface area contributed by atoms with Crippen LogP contribution < -0.4 is 16.0 Å². The Kier molecular flexibility index (Phi) is 12.5. The average Bonchev–Trinajstić information content (AvgIpc) is 3.51. The predicted molar refractivity (Wildman–Crippen MR) is 143 cm³/mol. The van der Waals surface area contributed by atoms with Crippen molar-refractivity contribution in [2.24, 2.45) is 10.4 Å². The van der Waals surface area contributed by atoms with Gasteiger partial charge in [-0.2, -0.15) is 0 Å². The van der Waals surface area contributed by atoms with E-state index in [4.69, 9.17) is 9.47 Å². The number of guanidine groups is 1. The SMILES string of the molecule is CCOCCC1(CNC(=NC)NCc2cccc(C(=O)NCC3CCCO3)c2)CCCC1.I. The molecule has 8 heteroatoms. The minimum atomic E-state index is -0.0534. The molecule has 186 valence electrons. The maximum absolute atomic E-state index is 12.5. The molecule has 0 spiro atoms. The van der Waals surface area contributed by atoms with Crippen LogP contribution in [-0.2, 0) is 16.0 Å². The lowest BCUT2D eigenvalue weighted by atomic mass is 9.83. The van der Waals surface area contributed by atoms with Crippen LogP contribution in [0.15, 0.2) is 29.3 Å². The molecule has 2 aliphatic rings. The van der Waals surface area contributed by atoms with Crippen molar-refractivity contribution in [1.29, 1.82) is 0 Å². The van der Waals surface area contributed by atoms with Crippen LogP contribution in [0.3, 0.4) is 0 Å². The minimum absolute atomic E-state index is 0. The van der Waals surface area contributed by atoms with Crippen LogP contribution in [0.5, 0.6) is 0 Å². The van der Waals surface area contributed by atoms with E-state index < -0.39 is 0 Å². The number of carbonyl (C=O) groups is 1. The molecule has 1 aromatic rings. The molecule has 3 rings (SSSR count). The van der Waals surface area contributed by atoms with E-state index in [9.17, 15) is 4.79 Å². The molecule has 1 heterocycles. The molecule has 0 aromatic heterocycles. The number of nitrogens with zero attached hydrogens (tertiary/aromatic N) is 1. The zero-order chi connectivity index (χ0) is 22.7. The fraction of sp³-hybridized carbons (Fsp3) is 0.680. The second-order valence-corrected chi connectivity index (χ2v) is 8.98. The van der Waals surface area contributed by atoms with Crippen molar-refractivity contribution in [3.63, 3.8) is 0 Å². The van der Waals surface area contributed by atoms with Crippen LogP contribution in [0.4, 0.5) is 0 Å². The summed E-state index contributed by atoms with van der Waals surface area (Å²) in [5.74, 6) is 0.739. The number of carbonyl (C=O) groups excluding carboxylic acids is 1. The van der Waals surface area contributed by atoms with Gasteiger partial charge in [-0.1, -0.05) is 25.0 Å². The summed E-state index contributed by atoms with van der Waals surface area (Å²) < 4.78 is 11.2. The number of ether oxygens (including phenoxy) is 2. The zero-order valence-corrected chi connectivity index (χ0v) is 22.5. The van der Waals surface area contributed by atoms with Gasteiger partial charge in [0.2, 0.25) is 0 Å². The highest BCUT2D eigenvalue weighted by Gasteiger charge is 2.33. The van der Waals surface area contributed by atoms with Gasteiger partial charge in [0.1, 0.15) is 0 Å². The topological polar surface area (TPSA) is 84.0 Å². The zero-order valence-electron chi connectivity index (χ0n) is 20.2. The first-order valence-corrected chi connectivity index (χ1v) is 12.2. The van der Waals surface area contributed by atoms with Gasteiger partial charge in [0, 0.05) is 52.1 Å². The Morgan fingerprint density at radius 2 is 2.03 bits per heavy atom. The van der Waals surface area contributed by atoms with Crippen molar-refractivity contribution in [3.05, 3.63) is 35.4 Å². The highest BCUT2D eigenvalue weighted by Crippen LogP contribution is 2.40. The van der Waals surface area contributed by atoms with E-state index in [1.54, 1.807) is 7.05 Å². The van der Waals surface area contributed by atoms with Crippen molar-refractivity contribution in [1.82, 2.24) is 16.0 Å². The minimum Gasteiger partial charge on any atom is -0.382 e. The average molecular weight is 573 g/mol. The lowest BCUT2D eigenvalue weighted by Gasteiger charge is -2.30. The summed E-state index contributed by atoms with van der Waals surface area (Å²) in [6.45, 7) is 6.54. The number of halogens is 1. The van der Waals surface area contributed by atoms with Crippen molar-refractivity contribution >= 4 is 35.8 Å². The van der Waals surface area contributed by atoms with Gasteiger partial charge in [-0.3, -0.25) is 9.79 Å². The molecule has 33 heavy (non-hydrogen) atoms. The van der Waals surface area contributed by atoms with Crippen LogP contribution in [-0.4, -0.2) is 57.9 Å². The van der Waals surface area contributed by atoms with Gasteiger partial charge in [0.05, 0.1) is 6.10 Å². The van der Waals surface area contributed by atoms with Gasteiger partial charge in [-0.15, -0.1) is 24.0 Å². The second kappa shape index (κ2) is 14.8. The lowest BCUT2D eigenvalue weighted by Crippen LogP contribution is -2.43. The number of amides is 1. The number of nitrogens with one attached hydrogen (secondary N) is 3. The molecule has 1 amide bonds. The molecule has 0 bridgehead atoms. The first-order chi connectivity index (χ1) is 15.6. The molecular formula is C25H41IN4O3. The van der Waals surface area contributed by atoms with E-state index in [0.29, 0.717) is 24.1 Å². The lowest BCUT2D eigenvalue weighted by molar-refractivity contribution is 0.0857. The second-order valence-electron chi connectivity index (χ2n) is 8.98. The van der Waals surface area contributed by atoms with Crippen LogP contribution in [0.1, 0.15) is 67.8 Å². The molecule has 3 N–H and O–H groups in total. The molecule has 2 fully saturated rings. The van der Waals surface area contributed by atoms with E-state index >= 15 is 0 Å². The Morgan fingerprint density at radius 1 is 1.21 bits per heavy atom. The maximum Gasteiger partial charge on any atom is 0.251 e. The first-order valence-electron chi connectivity index (χ1n) is 12.2. The van der Waals surface area contributed by atoms with Crippen molar-refractivity contribution < 1.29 is 14.3 Å². The molecule has 1 aromatic carbocycles. The summed E-state index contributed by atoms with van der Waals surface area (Å²) in [5.41, 5.74) is 2.02. The largest absolute Gasteiger partial charge is 0.382 e. The normalized spacial score (nSPS) is 19.7. The van der Waals surface area contributed by atoms with E-state index in [2.05, 4.69) is 20.9 Å². The van der Waals surface area contributed by atoms with E-state index in [-0.39, 0.29) is 36.0 Å². The molecule has 7 nitrogen and oxygen atoms in total. The van der Waals surface area contributed by atoms with Crippen molar-refractivity contribution in [2.45, 2.75) is 64.5 Å². The predicted octanol–water partition coefficient (Wildman–Crippen LogP) is 3.87. The van der Waals surface area contributed by atoms with Crippen molar-refractivity contribution in [3.8, 4) is 0 Å². The number of hydrogen-bond acceptors (Lipinski definition) is 4. The molecule has 1 aliphatic carbocycles. The summed E-state index contributed by atoms with van der Waals surface area (Å²) in [6, 6.07) is 7.74. The van der Waals surface area contributed by atoms with Gasteiger partial charge < -0.3 is 25.4 Å². The highest BCUT2D eigenvalue weighted by atomic mass is 127. The van der Waals surface area contributed by atoms with Crippen molar-refractivity contribution in [2.75, 3.05) is 40.0 Å². The maximum atomic E-state index is 12.5. The summed E-state index contributed by atoms with van der Waals surface area (Å²) in [6.07, 6.45) is 8.40. The van der Waals surface area contributed by atoms with Crippen LogP contribution >= 0.6 is 24.0 Å². The Balaban J connectivity index is 0.00000385. The molecule has 1 saturated carbocycles. The van der Waals surface area contributed by atoms with Gasteiger partial charge >= 0.3 is 0 Å². The monoisotopic (exact) mass is 572 g/mol. The van der Waals surface area contributed by atoms with E-state index in [1.165, 1.54) is 25.7 Å². The Labute approximate surface area is 215 Å². The fourth-order valence-corrected chi connectivity index (χ4v) is 4.69. The summed E-state index contributed by atoms with van der Waals surface area (Å²) in [4.78, 5) is 16.9. The van der Waals surface area contributed by atoms with Crippen LogP contribution in [0, 0.1) is 5.41 Å². The smallest absolute Gasteiger partial charge is 0.251 e. The Hall–Kier alpha value is -1.39. The Bertz CT molecular complexity index is 747. The molecule has 1 aliphatic heterocycles. The van der Waals surface area contributed by atoms with Gasteiger partial charge in [0.15, 0.2) is 5.96 Å². The first kappa shape index (κ1) is 27.9. The number of aliphatic imine (C=N–C) groups is 1. The summed E-state index contributed by atoms with van der Waals surface area (Å²) in [7, 11) is 1.80. The number of rotatable bonds is 11. The number of hydrogen-bond donors (Lipinski definition) is 3. The third-order valence-electron chi connectivity index (χ3n) is 6.66. The van der Waals surface area contributed by atoms with Gasteiger partial charge in [-0.25, -0.2) is 0 Å². The summed E-state index contributed by atoms with van der Waals surface area (Å²) in [5, 5.41) is 9.91. The van der Waals surface area contributed by atoms with Gasteiger partial charge in [0.25, 0.3) is 5.91 Å². The Morgan fingerprint density at radius 3 is 2.73 bits per heavy atom. The molecule has 0 radical (unpaired) electrons. The van der Waals surface area contributed by atoms with E-state index in [0.717, 1.165) is 57.2 Å². The highest BCUT2D eigenvalue weighted by molar-refractivity contribution is 14.0. The third kappa shape index (κ3) is 9.05. The molecule has 1 saturated heterocycles. The molecular weight excluding hydrogens is 531 g/mol. The molecule has 1 atom stereocenters. The van der Waals surface area contributed by atoms with Crippen LogP contribution in [0.25, 0.3) is 0 Å². The molecule has 1 unspecified atom stereocenters. The van der Waals surface area contributed by atoms with Gasteiger partial charge in [-0.05, 0) is 62.1 Å². The number of benzene rings is 1. The quantitative estimate of drug-likeness (QED) is 0.162. The standard InChI is InChI=1S/C25H40N4O3.HI/c1-3-31-15-13-25(11-4-5-12-25)19-29-24(26-2)28-17-20-8-6-9-21(16-20)23(30)27-18-22-10-7-14-32-22;/h6,8-9,16,22H,3-5,7,10-15,17-19H2,1-2H3,(H,27,30)(H2,26,28,29);1H. The fourth-order valence-electron chi connectivity index (χ4n) is 4.69. The van der Waals surface area contributed by atoms with E-state index in [1.807, 2.05) is 31.2 Å². The summed E-state index contributed by atoms with van der Waals surface area (Å²) >= 11 is 0. The third-order valence-corrected chi connectivity index (χ3v) is 6.66. The van der Waals surface area contributed by atoms with Crippen LogP contribution in [0.2, 0.25) is 0 Å².